The number of aryl methyl sites for hydroxylation is 1. The highest BCUT2D eigenvalue weighted by atomic mass is 16.5. The monoisotopic (exact) mass is 251 g/mol. The number of hydrogen-bond donors (Lipinski definition) is 2. The van der Waals surface area contributed by atoms with Crippen molar-refractivity contribution in [1.82, 2.24) is 15.3 Å². The van der Waals surface area contributed by atoms with Crippen LogP contribution in [0, 0.1) is 6.92 Å². The molecule has 1 unspecified atom stereocenters. The first-order valence-corrected chi connectivity index (χ1v) is 5.46. The van der Waals surface area contributed by atoms with E-state index in [1.165, 1.54) is 12.4 Å². The van der Waals surface area contributed by atoms with Gasteiger partial charge in [0.05, 0.1) is 18.5 Å². The van der Waals surface area contributed by atoms with E-state index in [4.69, 9.17) is 4.74 Å². The van der Waals surface area contributed by atoms with Gasteiger partial charge in [0.2, 0.25) is 0 Å². The van der Waals surface area contributed by atoms with Gasteiger partial charge in [-0.05, 0) is 6.92 Å². The molecule has 7 heteroatoms. The standard InChI is InChI=1S/C11H13N3O4/c1-7-4-13-8(5-12-7)9(15)14-11(10(16)17)2-3-18-6-11/h4-5H,2-3,6H2,1H3,(H,14,15)(H,16,17). The van der Waals surface area contributed by atoms with Crippen LogP contribution in [-0.4, -0.2) is 45.7 Å². The fourth-order valence-corrected chi connectivity index (χ4v) is 1.68. The van der Waals surface area contributed by atoms with Gasteiger partial charge < -0.3 is 15.2 Å². The molecule has 1 aliphatic heterocycles. The summed E-state index contributed by atoms with van der Waals surface area (Å²) in [7, 11) is 0. The normalized spacial score (nSPS) is 22.7. The maximum absolute atomic E-state index is 11.9. The molecule has 0 aromatic carbocycles. The van der Waals surface area contributed by atoms with Crippen LogP contribution >= 0.6 is 0 Å². The quantitative estimate of drug-likeness (QED) is 0.768. The molecule has 18 heavy (non-hydrogen) atoms. The minimum atomic E-state index is -1.36. The van der Waals surface area contributed by atoms with Gasteiger partial charge in [0, 0.05) is 19.2 Å². The molecule has 1 aromatic heterocycles. The zero-order valence-electron chi connectivity index (χ0n) is 9.84. The zero-order chi connectivity index (χ0) is 13.2. The summed E-state index contributed by atoms with van der Waals surface area (Å²) in [5, 5.41) is 11.6. The Morgan fingerprint density at radius 2 is 2.22 bits per heavy atom. The van der Waals surface area contributed by atoms with E-state index in [1.807, 2.05) is 0 Å². The molecule has 1 aromatic rings. The van der Waals surface area contributed by atoms with Crippen LogP contribution in [0.5, 0.6) is 0 Å². The summed E-state index contributed by atoms with van der Waals surface area (Å²) in [6, 6.07) is 0. The van der Waals surface area contributed by atoms with E-state index in [9.17, 15) is 14.7 Å². The van der Waals surface area contributed by atoms with Crippen LogP contribution in [0.4, 0.5) is 0 Å². The molecule has 2 N–H and O–H groups in total. The van der Waals surface area contributed by atoms with Crippen molar-refractivity contribution >= 4 is 11.9 Å². The summed E-state index contributed by atoms with van der Waals surface area (Å²) in [5.74, 6) is -1.66. The molecule has 2 heterocycles. The maximum atomic E-state index is 11.9. The number of carbonyl (C=O) groups excluding carboxylic acids is 1. The molecule has 0 aliphatic carbocycles. The van der Waals surface area contributed by atoms with Crippen LogP contribution in [-0.2, 0) is 9.53 Å². The van der Waals surface area contributed by atoms with E-state index >= 15 is 0 Å². The largest absolute Gasteiger partial charge is 0.479 e. The average Bonchev–Trinajstić information content (AvgIpc) is 2.79. The van der Waals surface area contributed by atoms with Crippen LogP contribution in [0.3, 0.4) is 0 Å². The van der Waals surface area contributed by atoms with Crippen molar-refractivity contribution in [2.24, 2.45) is 0 Å². The molecule has 1 amide bonds. The van der Waals surface area contributed by atoms with E-state index in [2.05, 4.69) is 15.3 Å². The number of nitrogens with zero attached hydrogens (tertiary/aromatic N) is 2. The van der Waals surface area contributed by atoms with E-state index in [0.29, 0.717) is 12.3 Å². The van der Waals surface area contributed by atoms with Crippen molar-refractivity contribution in [3.05, 3.63) is 23.8 Å². The second-order valence-electron chi connectivity index (χ2n) is 4.19. The Bertz CT molecular complexity index is 466. The van der Waals surface area contributed by atoms with Gasteiger partial charge in [0.15, 0.2) is 5.54 Å². The minimum absolute atomic E-state index is 0.0344. The number of amides is 1. The van der Waals surface area contributed by atoms with Gasteiger partial charge >= 0.3 is 5.97 Å². The van der Waals surface area contributed by atoms with Gasteiger partial charge in [-0.3, -0.25) is 9.78 Å². The third-order valence-corrected chi connectivity index (χ3v) is 2.80. The number of aliphatic carboxylic acids is 1. The van der Waals surface area contributed by atoms with Gasteiger partial charge in [-0.1, -0.05) is 0 Å². The molecular weight excluding hydrogens is 238 g/mol. The predicted molar refractivity (Wildman–Crippen MR) is 60.0 cm³/mol. The van der Waals surface area contributed by atoms with Crippen molar-refractivity contribution in [2.75, 3.05) is 13.2 Å². The lowest BCUT2D eigenvalue weighted by Crippen LogP contribution is -2.55. The van der Waals surface area contributed by atoms with Gasteiger partial charge in [-0.15, -0.1) is 0 Å². The number of hydrogen-bond acceptors (Lipinski definition) is 5. The minimum Gasteiger partial charge on any atom is -0.479 e. The smallest absolute Gasteiger partial charge is 0.331 e. The molecule has 96 valence electrons. The van der Waals surface area contributed by atoms with Crippen molar-refractivity contribution in [3.63, 3.8) is 0 Å². The van der Waals surface area contributed by atoms with Gasteiger partial charge in [-0.2, -0.15) is 0 Å². The molecule has 7 nitrogen and oxygen atoms in total. The summed E-state index contributed by atoms with van der Waals surface area (Å²) in [5.41, 5.74) is -0.583. The Morgan fingerprint density at radius 3 is 2.72 bits per heavy atom. The topological polar surface area (TPSA) is 101 Å². The number of nitrogens with one attached hydrogen (secondary N) is 1. The first-order valence-electron chi connectivity index (χ1n) is 5.46. The van der Waals surface area contributed by atoms with E-state index < -0.39 is 17.4 Å². The van der Waals surface area contributed by atoms with E-state index in [1.54, 1.807) is 6.92 Å². The average molecular weight is 251 g/mol. The molecule has 1 saturated heterocycles. The number of aromatic nitrogens is 2. The molecule has 1 aliphatic rings. The van der Waals surface area contributed by atoms with Crippen LogP contribution < -0.4 is 5.32 Å². The van der Waals surface area contributed by atoms with Crippen molar-refractivity contribution in [3.8, 4) is 0 Å². The SMILES string of the molecule is Cc1cnc(C(=O)NC2(C(=O)O)CCOC2)cn1. The van der Waals surface area contributed by atoms with E-state index in [0.717, 1.165) is 0 Å². The highest BCUT2D eigenvalue weighted by Crippen LogP contribution is 2.19. The van der Waals surface area contributed by atoms with Gasteiger partial charge in [0.25, 0.3) is 5.91 Å². The Labute approximate surface area is 103 Å². The first-order chi connectivity index (χ1) is 8.53. The van der Waals surface area contributed by atoms with Crippen LogP contribution in [0.2, 0.25) is 0 Å². The maximum Gasteiger partial charge on any atom is 0.331 e. The van der Waals surface area contributed by atoms with Crippen molar-refractivity contribution in [1.29, 1.82) is 0 Å². The fourth-order valence-electron chi connectivity index (χ4n) is 1.68. The zero-order valence-corrected chi connectivity index (χ0v) is 9.84. The number of ether oxygens (including phenoxy) is 1. The van der Waals surface area contributed by atoms with Crippen molar-refractivity contribution < 1.29 is 19.4 Å². The van der Waals surface area contributed by atoms with Crippen LogP contribution in [0.15, 0.2) is 12.4 Å². The Kier molecular flexibility index (Phi) is 3.24. The summed E-state index contributed by atoms with van der Waals surface area (Å²) < 4.78 is 5.05. The summed E-state index contributed by atoms with van der Waals surface area (Å²) in [6.07, 6.45) is 3.01. The molecule has 0 spiro atoms. The molecule has 1 fully saturated rings. The number of carboxylic acids is 1. The molecule has 2 rings (SSSR count). The highest BCUT2D eigenvalue weighted by molar-refractivity contribution is 5.96. The second-order valence-corrected chi connectivity index (χ2v) is 4.19. The van der Waals surface area contributed by atoms with Crippen molar-refractivity contribution in [2.45, 2.75) is 18.9 Å². The number of carboxylic acid groups (broad SMARTS) is 1. The lowest BCUT2D eigenvalue weighted by Gasteiger charge is -2.23. The van der Waals surface area contributed by atoms with E-state index in [-0.39, 0.29) is 18.7 Å². The third-order valence-electron chi connectivity index (χ3n) is 2.80. The second kappa shape index (κ2) is 4.69. The first kappa shape index (κ1) is 12.4. The Morgan fingerprint density at radius 1 is 1.44 bits per heavy atom. The summed E-state index contributed by atoms with van der Waals surface area (Å²) >= 11 is 0. The third kappa shape index (κ3) is 2.30. The summed E-state index contributed by atoms with van der Waals surface area (Å²) in [6.45, 7) is 2.03. The molecule has 0 radical (unpaired) electrons. The van der Waals surface area contributed by atoms with Gasteiger partial charge in [-0.25, -0.2) is 9.78 Å². The molecule has 0 saturated carbocycles. The Hall–Kier alpha value is -2.02. The van der Waals surface area contributed by atoms with Gasteiger partial charge in [0.1, 0.15) is 5.69 Å². The predicted octanol–water partition coefficient (Wildman–Crippen LogP) is -0.241. The molecular formula is C11H13N3O4. The number of carbonyl (C=O) groups is 2. The summed E-state index contributed by atoms with van der Waals surface area (Å²) in [4.78, 5) is 30.9. The highest BCUT2D eigenvalue weighted by Gasteiger charge is 2.44. The lowest BCUT2D eigenvalue weighted by molar-refractivity contribution is -0.144. The Balaban J connectivity index is 2.15. The lowest BCUT2D eigenvalue weighted by atomic mass is 9.99. The van der Waals surface area contributed by atoms with Crippen LogP contribution in [0.25, 0.3) is 0 Å². The fraction of sp³-hybridized carbons (Fsp3) is 0.455. The molecule has 1 atom stereocenters. The number of rotatable bonds is 3. The molecule has 0 bridgehead atoms. The van der Waals surface area contributed by atoms with Crippen LogP contribution in [0.1, 0.15) is 22.6 Å².